The van der Waals surface area contributed by atoms with Gasteiger partial charge in [-0.3, -0.25) is 4.90 Å². The van der Waals surface area contributed by atoms with Crippen LogP contribution in [-0.4, -0.2) is 62.0 Å². The Morgan fingerprint density at radius 3 is 2.75 bits per heavy atom. The summed E-state index contributed by atoms with van der Waals surface area (Å²) in [6.07, 6.45) is 7.59. The number of aliphatic hydroxyl groups excluding tert-OH is 1. The Bertz CT molecular complexity index is 208. The summed E-state index contributed by atoms with van der Waals surface area (Å²) < 4.78 is 5.18. The van der Waals surface area contributed by atoms with Gasteiger partial charge in [0.05, 0.1) is 26.4 Å². The van der Waals surface area contributed by atoms with E-state index in [4.69, 9.17) is 16.3 Å². The molecule has 2 N–H and O–H groups in total. The Hall–Kier alpha value is -0.600. The molecule has 0 amide bonds. The fourth-order valence-corrected chi connectivity index (χ4v) is 1.93. The zero-order valence-corrected chi connectivity index (χ0v) is 9.82. The molecule has 0 spiro atoms. The first-order valence-corrected chi connectivity index (χ1v) is 5.94. The number of ether oxygens (including phenoxy) is 1. The van der Waals surface area contributed by atoms with Crippen LogP contribution in [0, 0.1) is 12.3 Å². The number of aliphatic hydroxyl groups is 1. The van der Waals surface area contributed by atoms with E-state index >= 15 is 0 Å². The minimum Gasteiger partial charge on any atom is -0.394 e. The molecular weight excluding hydrogens is 204 g/mol. The molecule has 0 atom stereocenters. The van der Waals surface area contributed by atoms with Gasteiger partial charge >= 0.3 is 0 Å². The van der Waals surface area contributed by atoms with E-state index in [1.165, 1.54) is 0 Å². The Labute approximate surface area is 98.0 Å². The highest BCUT2D eigenvalue weighted by Crippen LogP contribution is 2.09. The molecule has 1 aliphatic heterocycles. The minimum absolute atomic E-state index is 0.102. The summed E-state index contributed by atoms with van der Waals surface area (Å²) in [4.78, 5) is 2.31. The number of likely N-dealkylation sites (tertiary alicyclic amines) is 1. The molecule has 4 nitrogen and oxygen atoms in total. The second-order valence-electron chi connectivity index (χ2n) is 4.04. The fourth-order valence-electron chi connectivity index (χ4n) is 1.93. The quantitative estimate of drug-likeness (QED) is 0.461. The first kappa shape index (κ1) is 13.5. The standard InChI is InChI=1S/C12H22N2O2/c1-2-6-14-7-3-12(4-8-14)13-5-10-16-11-9-15/h1,12-13,15H,3-11H2. The maximum atomic E-state index is 8.53. The smallest absolute Gasteiger partial charge is 0.0698 e. The number of piperidine rings is 1. The Morgan fingerprint density at radius 1 is 1.38 bits per heavy atom. The Morgan fingerprint density at radius 2 is 2.12 bits per heavy atom. The van der Waals surface area contributed by atoms with E-state index < -0.39 is 0 Å². The van der Waals surface area contributed by atoms with Crippen molar-refractivity contribution >= 4 is 0 Å². The zero-order valence-electron chi connectivity index (χ0n) is 9.82. The van der Waals surface area contributed by atoms with E-state index in [0.29, 0.717) is 19.3 Å². The van der Waals surface area contributed by atoms with Crippen LogP contribution in [0.4, 0.5) is 0 Å². The largest absolute Gasteiger partial charge is 0.394 e. The van der Waals surface area contributed by atoms with Gasteiger partial charge in [-0.25, -0.2) is 0 Å². The highest BCUT2D eigenvalue weighted by atomic mass is 16.5. The van der Waals surface area contributed by atoms with E-state index in [1.54, 1.807) is 0 Å². The van der Waals surface area contributed by atoms with Crippen molar-refractivity contribution in [2.45, 2.75) is 18.9 Å². The van der Waals surface area contributed by atoms with Crippen LogP contribution in [0.3, 0.4) is 0 Å². The normalized spacial score (nSPS) is 18.5. The van der Waals surface area contributed by atoms with E-state index in [-0.39, 0.29) is 6.61 Å². The molecule has 1 rings (SSSR count). The third-order valence-electron chi connectivity index (χ3n) is 2.82. The van der Waals surface area contributed by atoms with E-state index in [1.807, 2.05) is 0 Å². The first-order valence-electron chi connectivity index (χ1n) is 5.94. The van der Waals surface area contributed by atoms with Crippen molar-refractivity contribution < 1.29 is 9.84 Å². The maximum absolute atomic E-state index is 8.53. The summed E-state index contributed by atoms with van der Waals surface area (Å²) in [6, 6.07) is 0.590. The molecule has 1 saturated heterocycles. The number of terminal acetylenes is 1. The zero-order chi connectivity index (χ0) is 11.6. The van der Waals surface area contributed by atoms with Gasteiger partial charge in [0.2, 0.25) is 0 Å². The predicted molar refractivity (Wildman–Crippen MR) is 64.2 cm³/mol. The van der Waals surface area contributed by atoms with Gasteiger partial charge in [-0.2, -0.15) is 0 Å². The fraction of sp³-hybridized carbons (Fsp3) is 0.833. The summed E-state index contributed by atoms with van der Waals surface area (Å²) in [6.45, 7) is 5.00. The third kappa shape index (κ3) is 5.47. The van der Waals surface area contributed by atoms with Gasteiger partial charge in [0.15, 0.2) is 0 Å². The SMILES string of the molecule is C#CCN1CCC(NCCOCCO)CC1. The van der Waals surface area contributed by atoms with Crippen molar-refractivity contribution in [1.29, 1.82) is 0 Å². The Balaban J connectivity index is 1.98. The number of nitrogens with zero attached hydrogens (tertiary/aromatic N) is 1. The molecule has 0 unspecified atom stereocenters. The molecule has 0 aliphatic carbocycles. The first-order chi connectivity index (χ1) is 7.86. The van der Waals surface area contributed by atoms with Crippen molar-refractivity contribution in [2.75, 3.05) is 46.0 Å². The van der Waals surface area contributed by atoms with E-state index in [2.05, 4.69) is 16.1 Å². The molecule has 1 fully saturated rings. The predicted octanol–water partition coefficient (Wildman–Crippen LogP) is -0.317. The molecule has 0 aromatic rings. The van der Waals surface area contributed by atoms with Crippen LogP contribution in [-0.2, 0) is 4.74 Å². The van der Waals surface area contributed by atoms with Crippen molar-refractivity contribution in [3.63, 3.8) is 0 Å². The average molecular weight is 226 g/mol. The highest BCUT2D eigenvalue weighted by molar-refractivity contribution is 4.90. The lowest BCUT2D eigenvalue weighted by molar-refractivity contribution is 0.0906. The van der Waals surface area contributed by atoms with Crippen molar-refractivity contribution in [2.24, 2.45) is 0 Å². The van der Waals surface area contributed by atoms with Crippen LogP contribution in [0.2, 0.25) is 0 Å². The number of nitrogens with one attached hydrogen (secondary N) is 1. The van der Waals surface area contributed by atoms with Gasteiger partial charge in [0.25, 0.3) is 0 Å². The second-order valence-corrected chi connectivity index (χ2v) is 4.04. The summed E-state index contributed by atoms with van der Waals surface area (Å²) in [5.41, 5.74) is 0. The van der Waals surface area contributed by atoms with Crippen LogP contribution in [0.1, 0.15) is 12.8 Å². The summed E-state index contributed by atoms with van der Waals surface area (Å²) in [5, 5.41) is 12.0. The summed E-state index contributed by atoms with van der Waals surface area (Å²) in [5.74, 6) is 2.68. The molecule has 0 bridgehead atoms. The van der Waals surface area contributed by atoms with E-state index in [9.17, 15) is 0 Å². The van der Waals surface area contributed by atoms with Crippen LogP contribution in [0.25, 0.3) is 0 Å². The number of hydrogen-bond acceptors (Lipinski definition) is 4. The number of rotatable bonds is 7. The molecule has 0 aromatic carbocycles. The third-order valence-corrected chi connectivity index (χ3v) is 2.82. The topological polar surface area (TPSA) is 44.7 Å². The second kappa shape index (κ2) is 8.54. The monoisotopic (exact) mass is 226 g/mol. The highest BCUT2D eigenvalue weighted by Gasteiger charge is 2.17. The molecule has 1 heterocycles. The molecule has 1 aliphatic rings. The van der Waals surface area contributed by atoms with Crippen LogP contribution in [0.15, 0.2) is 0 Å². The number of hydrogen-bond donors (Lipinski definition) is 2. The summed E-state index contributed by atoms with van der Waals surface area (Å²) in [7, 11) is 0. The average Bonchev–Trinajstić information content (AvgIpc) is 2.31. The van der Waals surface area contributed by atoms with Crippen LogP contribution in [0.5, 0.6) is 0 Å². The molecule has 0 aromatic heterocycles. The van der Waals surface area contributed by atoms with Gasteiger partial charge in [-0.1, -0.05) is 5.92 Å². The molecule has 0 radical (unpaired) electrons. The lowest BCUT2D eigenvalue weighted by atomic mass is 10.1. The summed E-state index contributed by atoms with van der Waals surface area (Å²) >= 11 is 0. The maximum Gasteiger partial charge on any atom is 0.0698 e. The minimum atomic E-state index is 0.102. The Kier molecular flexibility index (Phi) is 7.19. The van der Waals surface area contributed by atoms with Gasteiger partial charge in [-0.15, -0.1) is 6.42 Å². The van der Waals surface area contributed by atoms with Crippen molar-refractivity contribution in [3.8, 4) is 12.3 Å². The van der Waals surface area contributed by atoms with Crippen molar-refractivity contribution in [1.82, 2.24) is 10.2 Å². The lowest BCUT2D eigenvalue weighted by Gasteiger charge is -2.31. The van der Waals surface area contributed by atoms with Crippen molar-refractivity contribution in [3.05, 3.63) is 0 Å². The molecule has 92 valence electrons. The molecule has 0 saturated carbocycles. The van der Waals surface area contributed by atoms with Gasteiger partial charge in [0.1, 0.15) is 0 Å². The molecule has 16 heavy (non-hydrogen) atoms. The molecular formula is C12H22N2O2. The lowest BCUT2D eigenvalue weighted by Crippen LogP contribution is -2.43. The van der Waals surface area contributed by atoms with Crippen LogP contribution >= 0.6 is 0 Å². The van der Waals surface area contributed by atoms with Gasteiger partial charge < -0.3 is 15.2 Å². The van der Waals surface area contributed by atoms with Gasteiger partial charge in [-0.05, 0) is 12.8 Å². The molecule has 4 heteroatoms. The van der Waals surface area contributed by atoms with Crippen LogP contribution < -0.4 is 5.32 Å². The van der Waals surface area contributed by atoms with Gasteiger partial charge in [0, 0.05) is 25.7 Å². The van der Waals surface area contributed by atoms with E-state index in [0.717, 1.165) is 39.0 Å².